The number of nitrogens with zero attached hydrogens (tertiary/aromatic N) is 4. The molecule has 0 spiro atoms. The van der Waals surface area contributed by atoms with Crippen LogP contribution >= 0.6 is 12.4 Å². The summed E-state index contributed by atoms with van der Waals surface area (Å²) in [4.78, 5) is 77.0. The first-order valence-electron chi connectivity index (χ1n) is 25.2. The number of hydrogen-bond acceptors (Lipinski definition) is 13. The van der Waals surface area contributed by atoms with E-state index in [-0.39, 0.29) is 91.0 Å². The number of carbonyl (C=O) groups is 5. The number of esters is 1. The summed E-state index contributed by atoms with van der Waals surface area (Å²) in [7, 11) is 0. The molecule has 0 saturated carbocycles. The summed E-state index contributed by atoms with van der Waals surface area (Å²) in [6, 6.07) is 19.1. The number of nitrogens with one attached hydrogen (secondary N) is 2. The predicted octanol–water partition coefficient (Wildman–Crippen LogP) is 7.90. The van der Waals surface area contributed by atoms with E-state index in [1.807, 2.05) is 152 Å². The third kappa shape index (κ3) is 20.3. The molecule has 408 valence electrons. The number of rotatable bonds is 11. The maximum atomic E-state index is 12.5. The first-order chi connectivity index (χ1) is 34.3. The Labute approximate surface area is 445 Å². The molecule has 0 bridgehead atoms. The predicted molar refractivity (Wildman–Crippen MR) is 285 cm³/mol. The zero-order valence-corrected chi connectivity index (χ0v) is 46.4. The zero-order valence-electron chi connectivity index (χ0n) is 45.6. The number of halogens is 1. The van der Waals surface area contributed by atoms with E-state index in [0.29, 0.717) is 38.0 Å². The number of likely N-dealkylation sites (tertiary alicyclic amines) is 2. The van der Waals surface area contributed by atoms with Crippen molar-refractivity contribution in [3.8, 4) is 0 Å². The molecule has 0 aromatic heterocycles. The van der Waals surface area contributed by atoms with Crippen molar-refractivity contribution in [1.82, 2.24) is 30.2 Å². The molecule has 7 rings (SSSR count). The molecule has 2 N–H and O–H groups in total. The number of hydrogen-bond donors (Lipinski definition) is 2. The van der Waals surface area contributed by atoms with Crippen molar-refractivity contribution in [3.05, 3.63) is 108 Å². The molecule has 18 heteroatoms. The van der Waals surface area contributed by atoms with Crippen LogP contribution in [0.4, 0.5) is 9.59 Å². The number of carbonyl (C=O) groups excluding carboxylic acids is 6. The van der Waals surface area contributed by atoms with Gasteiger partial charge in [-0.2, -0.15) is 0 Å². The zero-order chi connectivity index (χ0) is 54.1. The van der Waals surface area contributed by atoms with Crippen molar-refractivity contribution in [2.24, 2.45) is 0 Å². The van der Waals surface area contributed by atoms with Crippen LogP contribution in [0.5, 0.6) is 0 Å². The normalized spacial score (nSPS) is 21.6. The maximum absolute atomic E-state index is 12.5. The molecule has 5 aliphatic rings. The van der Waals surface area contributed by atoms with Crippen LogP contribution in [0.3, 0.4) is 0 Å². The Bertz CT molecular complexity index is 2280. The molecule has 5 aliphatic heterocycles. The highest BCUT2D eigenvalue weighted by Crippen LogP contribution is 2.31. The van der Waals surface area contributed by atoms with Crippen LogP contribution in [-0.2, 0) is 56.1 Å². The monoisotopic (exact) mass is 1050 g/mol. The summed E-state index contributed by atoms with van der Waals surface area (Å²) in [5.74, 6) is 2.57. The van der Waals surface area contributed by atoms with Crippen molar-refractivity contribution in [2.45, 2.75) is 169 Å². The van der Waals surface area contributed by atoms with Gasteiger partial charge in [0.2, 0.25) is 0 Å². The smallest absolute Gasteiger partial charge is 0.410 e. The average molecular weight is 1050 g/mol. The Morgan fingerprint density at radius 3 is 1.57 bits per heavy atom. The van der Waals surface area contributed by atoms with Crippen LogP contribution in [0.15, 0.2) is 96.6 Å². The number of benzene rings is 2. The standard InChI is InChI=1S/C21H28N2O4.C19H28N2O4.C13H22N2O2.C3H2O.ClH/c1-15-18(27-21(2,3)4)12-19(24)23(15)17-10-11-22(13-17)20(25)26-14-16-8-6-5-7-9-16;1-14(17(22)25-19(2,3)4)20-16-10-11-21(12-16)18(23)24-13-15-8-6-5-7-9-15;1-9-11(17-13(2,3)4)7-12(16)15(9)10-5-6-14-8-10;1-2-3-4;/h5-9,12,15,17H,10-11,13-14H2,1-4H3;5-9,14,16,20H,10-13H2,1-4H3;7,9-10,14H,5-6,8H2,1-4H3;1H2;1H/t15-,17-;14-,16-;9-,10-;;/m000../s1. The van der Waals surface area contributed by atoms with Gasteiger partial charge in [0.25, 0.3) is 11.8 Å². The van der Waals surface area contributed by atoms with Gasteiger partial charge in [-0.15, -0.1) is 12.4 Å². The van der Waals surface area contributed by atoms with E-state index in [1.54, 1.807) is 28.9 Å². The van der Waals surface area contributed by atoms with E-state index in [9.17, 15) is 24.0 Å². The lowest BCUT2D eigenvalue weighted by atomic mass is 10.1. The largest absolute Gasteiger partial charge is 0.490 e. The van der Waals surface area contributed by atoms with Crippen LogP contribution in [-0.4, -0.2) is 148 Å². The van der Waals surface area contributed by atoms with Crippen molar-refractivity contribution in [1.29, 1.82) is 0 Å². The highest BCUT2D eigenvalue weighted by Gasteiger charge is 2.42. The van der Waals surface area contributed by atoms with E-state index in [1.165, 1.54) is 5.94 Å². The Morgan fingerprint density at radius 1 is 0.703 bits per heavy atom. The molecule has 2 aromatic carbocycles. The fraction of sp³-hybridized carbons (Fsp3) is 0.571. The van der Waals surface area contributed by atoms with E-state index in [0.717, 1.165) is 49.2 Å². The minimum absolute atomic E-state index is 0. The maximum Gasteiger partial charge on any atom is 0.410 e. The lowest BCUT2D eigenvalue weighted by Crippen LogP contribution is -2.45. The van der Waals surface area contributed by atoms with Crippen molar-refractivity contribution in [2.75, 3.05) is 39.3 Å². The van der Waals surface area contributed by atoms with Crippen LogP contribution < -0.4 is 10.6 Å². The van der Waals surface area contributed by atoms with Gasteiger partial charge in [-0.05, 0) is 132 Å². The Balaban J connectivity index is 0.000000286. The molecule has 0 aliphatic carbocycles. The molecule has 6 atom stereocenters. The summed E-state index contributed by atoms with van der Waals surface area (Å²) in [6.45, 7) is 30.8. The second kappa shape index (κ2) is 28.5. The second-order valence-corrected chi connectivity index (χ2v) is 21.6. The van der Waals surface area contributed by atoms with Gasteiger partial charge in [0.05, 0.1) is 18.1 Å². The van der Waals surface area contributed by atoms with Gasteiger partial charge in [0, 0.05) is 57.0 Å². The summed E-state index contributed by atoms with van der Waals surface area (Å²) in [5.41, 5.74) is 2.70. The second-order valence-electron chi connectivity index (χ2n) is 21.6. The van der Waals surface area contributed by atoms with Gasteiger partial charge in [-0.1, -0.05) is 60.7 Å². The Hall–Kier alpha value is -6.09. The van der Waals surface area contributed by atoms with Gasteiger partial charge in [-0.25, -0.2) is 14.4 Å². The lowest BCUT2D eigenvalue weighted by Gasteiger charge is -2.32. The molecule has 17 nitrogen and oxygen atoms in total. The van der Waals surface area contributed by atoms with Gasteiger partial charge >= 0.3 is 18.2 Å². The van der Waals surface area contributed by atoms with Crippen LogP contribution in [0, 0.1) is 0 Å². The SMILES string of the molecule is C=C=C=O.C[C@H](N[C@H]1CCN(C(=O)OCc2ccccc2)C1)C(=O)OC(C)(C)C.C[C@H]1C(OC(C)(C)C)=CC(=O)N1[C@H]1CCN(C(=O)OCc2ccccc2)C1.C[C@H]1C(OC(C)(C)C)=CC(=O)N1[C@H]1CCNC1.Cl. The minimum atomic E-state index is -0.504. The third-order valence-corrected chi connectivity index (χ3v) is 12.0. The van der Waals surface area contributed by atoms with E-state index >= 15 is 0 Å². The minimum Gasteiger partial charge on any atom is -0.490 e. The number of ether oxygens (including phenoxy) is 5. The summed E-state index contributed by atoms with van der Waals surface area (Å²) < 4.78 is 27.9. The Kier molecular flexibility index (Phi) is 24.0. The van der Waals surface area contributed by atoms with Crippen LogP contribution in [0.2, 0.25) is 0 Å². The molecular weight excluding hydrogens is 968 g/mol. The highest BCUT2D eigenvalue weighted by atomic mass is 35.5. The topological polar surface area (TPSA) is 186 Å². The summed E-state index contributed by atoms with van der Waals surface area (Å²) >= 11 is 0. The molecule has 5 heterocycles. The average Bonchev–Trinajstić information content (AvgIpc) is 4.19. The first-order valence-corrected chi connectivity index (χ1v) is 25.2. The quantitative estimate of drug-likeness (QED) is 0.0959. The van der Waals surface area contributed by atoms with E-state index in [2.05, 4.69) is 17.2 Å². The molecule has 3 saturated heterocycles. The fourth-order valence-corrected chi connectivity index (χ4v) is 8.73. The van der Waals surface area contributed by atoms with Crippen LogP contribution in [0.1, 0.15) is 113 Å². The van der Waals surface area contributed by atoms with E-state index in [4.69, 9.17) is 28.5 Å². The van der Waals surface area contributed by atoms with Gasteiger partial charge in [-0.3, -0.25) is 19.7 Å². The Morgan fingerprint density at radius 2 is 1.15 bits per heavy atom. The van der Waals surface area contributed by atoms with Crippen molar-refractivity contribution < 1.29 is 52.5 Å². The summed E-state index contributed by atoms with van der Waals surface area (Å²) in [6.07, 6.45) is 5.13. The first kappa shape index (κ1) is 62.2. The van der Waals surface area contributed by atoms with Crippen molar-refractivity contribution in [3.63, 3.8) is 0 Å². The molecule has 74 heavy (non-hydrogen) atoms. The lowest BCUT2D eigenvalue weighted by molar-refractivity contribution is -0.157. The molecular formula is C56H81ClN6O11. The highest BCUT2D eigenvalue weighted by molar-refractivity contribution is 5.92. The molecule has 2 aromatic rings. The van der Waals surface area contributed by atoms with Gasteiger partial charge in [0.15, 0.2) is 5.94 Å². The van der Waals surface area contributed by atoms with Gasteiger partial charge in [0.1, 0.15) is 47.6 Å². The van der Waals surface area contributed by atoms with E-state index < -0.39 is 11.6 Å². The van der Waals surface area contributed by atoms with Crippen molar-refractivity contribution >= 4 is 48.3 Å². The molecule has 4 amide bonds. The third-order valence-electron chi connectivity index (χ3n) is 12.0. The molecule has 3 fully saturated rings. The van der Waals surface area contributed by atoms with Gasteiger partial charge < -0.3 is 48.6 Å². The molecule has 0 unspecified atom stereocenters. The fourth-order valence-electron chi connectivity index (χ4n) is 8.73. The number of amides is 4. The molecule has 0 radical (unpaired) electrons. The summed E-state index contributed by atoms with van der Waals surface area (Å²) in [5, 5.41) is 6.53. The van der Waals surface area contributed by atoms with Crippen LogP contribution in [0.25, 0.3) is 0 Å².